The Bertz CT molecular complexity index is 206. The van der Waals surface area contributed by atoms with Gasteiger partial charge in [-0.05, 0) is 12.8 Å². The minimum atomic E-state index is -0.749. The molecule has 15 heavy (non-hydrogen) atoms. The van der Waals surface area contributed by atoms with Crippen molar-refractivity contribution in [2.24, 2.45) is 0 Å². The molecule has 0 bridgehead atoms. The van der Waals surface area contributed by atoms with Crippen LogP contribution in [0.1, 0.15) is 44.9 Å². The number of carbonyl (C=O) groups is 2. The predicted octanol–water partition coefficient (Wildman–Crippen LogP) is 2.69. The summed E-state index contributed by atoms with van der Waals surface area (Å²) in [7, 11) is 0. The molecule has 0 radical (unpaired) electrons. The lowest BCUT2D eigenvalue weighted by molar-refractivity contribution is -0.137. The van der Waals surface area contributed by atoms with Crippen molar-refractivity contribution in [3.8, 4) is 0 Å². The summed E-state index contributed by atoms with van der Waals surface area (Å²) in [5.41, 5.74) is 0. The first kappa shape index (κ1) is 14.7. The second-order valence-corrected chi connectivity index (χ2v) is 5.01. The lowest BCUT2D eigenvalue weighted by Gasteiger charge is -2.03. The fraction of sp³-hybridized carbons (Fsp3) is 0.800. The van der Waals surface area contributed by atoms with E-state index in [9.17, 15) is 9.59 Å². The summed E-state index contributed by atoms with van der Waals surface area (Å²) >= 11 is 1.93. The maximum absolute atomic E-state index is 10.5. The van der Waals surface area contributed by atoms with E-state index in [2.05, 4.69) is 0 Å². The van der Waals surface area contributed by atoms with Crippen LogP contribution in [0.4, 0.5) is 0 Å². The molecule has 0 spiro atoms. The average Bonchev–Trinajstić information content (AvgIpc) is 2.15. The molecule has 0 saturated heterocycles. The van der Waals surface area contributed by atoms with Crippen molar-refractivity contribution in [1.29, 1.82) is 0 Å². The predicted molar refractivity (Wildman–Crippen MR) is 65.4 cm³/mol. The molecule has 1 atom stereocenters. The number of halogens is 1. The molecule has 5 heteroatoms. The summed E-state index contributed by atoms with van der Waals surface area (Å²) in [5, 5.41) is 17.0. The van der Waals surface area contributed by atoms with E-state index in [0.717, 1.165) is 32.1 Å². The second-order valence-electron chi connectivity index (χ2n) is 3.51. The number of hydrogen-bond acceptors (Lipinski definition) is 2. The first-order chi connectivity index (χ1) is 7.04. The van der Waals surface area contributed by atoms with Gasteiger partial charge in [-0.25, -0.2) is 0 Å². The van der Waals surface area contributed by atoms with E-state index in [4.69, 9.17) is 10.2 Å². The molecule has 0 heterocycles. The Labute approximate surface area is 103 Å². The fourth-order valence-electron chi connectivity index (χ4n) is 1.25. The molecular formula is C10H17IO4. The molecule has 4 nitrogen and oxygen atoms in total. The largest absolute Gasteiger partial charge is 0.481 e. The van der Waals surface area contributed by atoms with E-state index >= 15 is 0 Å². The number of carboxylic acids is 2. The minimum Gasteiger partial charge on any atom is -0.481 e. The zero-order valence-corrected chi connectivity index (χ0v) is 10.8. The number of rotatable bonds is 9. The van der Waals surface area contributed by atoms with Crippen molar-refractivity contribution < 1.29 is 19.8 Å². The Kier molecular flexibility index (Phi) is 8.74. The number of carboxylic acid groups (broad SMARTS) is 2. The summed E-state index contributed by atoms with van der Waals surface area (Å²) in [6.07, 6.45) is 5.49. The van der Waals surface area contributed by atoms with Crippen LogP contribution in [-0.2, 0) is 9.59 Å². The zero-order valence-electron chi connectivity index (χ0n) is 8.62. The van der Waals surface area contributed by atoms with Gasteiger partial charge in [0.15, 0.2) is 0 Å². The van der Waals surface area contributed by atoms with E-state index in [1.807, 2.05) is 22.6 Å². The Morgan fingerprint density at radius 2 is 1.53 bits per heavy atom. The van der Waals surface area contributed by atoms with Crippen molar-refractivity contribution in [3.63, 3.8) is 0 Å². The molecule has 0 amide bonds. The molecule has 1 unspecified atom stereocenters. The number of aliphatic carboxylic acids is 2. The molecule has 0 aromatic carbocycles. The highest BCUT2D eigenvalue weighted by atomic mass is 127. The normalized spacial score (nSPS) is 12.3. The Balaban J connectivity index is 3.18. The van der Waals surface area contributed by atoms with Gasteiger partial charge in [0, 0.05) is 6.42 Å². The lowest BCUT2D eigenvalue weighted by Crippen LogP contribution is -2.11. The van der Waals surface area contributed by atoms with E-state index in [1.54, 1.807) is 0 Å². The Morgan fingerprint density at radius 1 is 1.00 bits per heavy atom. The van der Waals surface area contributed by atoms with Gasteiger partial charge in [-0.1, -0.05) is 48.3 Å². The molecule has 2 N–H and O–H groups in total. The molecule has 0 aliphatic carbocycles. The summed E-state index contributed by atoms with van der Waals surface area (Å²) in [4.78, 5) is 20.7. The van der Waals surface area contributed by atoms with Crippen molar-refractivity contribution in [2.45, 2.75) is 48.9 Å². The van der Waals surface area contributed by atoms with E-state index in [0.29, 0.717) is 6.42 Å². The van der Waals surface area contributed by atoms with Crippen LogP contribution in [0.15, 0.2) is 0 Å². The number of unbranched alkanes of at least 4 members (excludes halogenated alkanes) is 4. The molecule has 0 saturated carbocycles. The molecule has 0 aliphatic heterocycles. The van der Waals surface area contributed by atoms with Gasteiger partial charge in [0.05, 0.1) is 0 Å². The summed E-state index contributed by atoms with van der Waals surface area (Å²) < 4.78 is -0.290. The molecule has 0 aromatic heterocycles. The average molecular weight is 328 g/mol. The SMILES string of the molecule is O=C(O)CCCCCCCC(I)C(=O)O. The third-order valence-corrected chi connectivity index (χ3v) is 3.27. The van der Waals surface area contributed by atoms with E-state index < -0.39 is 11.9 Å². The standard InChI is InChI=1S/C10H17IO4/c11-8(10(14)15)6-4-2-1-3-5-7-9(12)13/h8H,1-7H2,(H,12,13)(H,14,15). The zero-order chi connectivity index (χ0) is 11.7. The van der Waals surface area contributed by atoms with Crippen LogP contribution in [0.5, 0.6) is 0 Å². The first-order valence-electron chi connectivity index (χ1n) is 5.12. The van der Waals surface area contributed by atoms with Crippen LogP contribution < -0.4 is 0 Å². The van der Waals surface area contributed by atoms with Crippen LogP contribution in [0, 0.1) is 0 Å². The van der Waals surface area contributed by atoms with Crippen molar-refractivity contribution >= 4 is 34.5 Å². The van der Waals surface area contributed by atoms with Gasteiger partial charge in [-0.3, -0.25) is 9.59 Å². The van der Waals surface area contributed by atoms with Crippen molar-refractivity contribution in [1.82, 2.24) is 0 Å². The van der Waals surface area contributed by atoms with Crippen LogP contribution in [0.3, 0.4) is 0 Å². The van der Waals surface area contributed by atoms with Gasteiger partial charge in [0.1, 0.15) is 3.92 Å². The third kappa shape index (κ3) is 9.96. The molecule has 0 fully saturated rings. The topological polar surface area (TPSA) is 74.6 Å². The molecule has 0 aliphatic rings. The fourth-order valence-corrected chi connectivity index (χ4v) is 1.69. The quantitative estimate of drug-likeness (QED) is 0.388. The third-order valence-electron chi connectivity index (χ3n) is 2.12. The molecule has 88 valence electrons. The van der Waals surface area contributed by atoms with E-state index in [-0.39, 0.29) is 10.3 Å². The van der Waals surface area contributed by atoms with Gasteiger partial charge in [0.2, 0.25) is 0 Å². The molecular weight excluding hydrogens is 311 g/mol. The number of hydrogen-bond donors (Lipinski definition) is 2. The Hall–Kier alpha value is -0.330. The maximum Gasteiger partial charge on any atom is 0.316 e. The van der Waals surface area contributed by atoms with E-state index in [1.165, 1.54) is 0 Å². The van der Waals surface area contributed by atoms with Crippen LogP contribution in [-0.4, -0.2) is 26.1 Å². The highest BCUT2D eigenvalue weighted by Crippen LogP contribution is 2.13. The van der Waals surface area contributed by atoms with Gasteiger partial charge >= 0.3 is 11.9 Å². The van der Waals surface area contributed by atoms with Crippen LogP contribution in [0.2, 0.25) is 0 Å². The van der Waals surface area contributed by atoms with Crippen LogP contribution in [0.25, 0.3) is 0 Å². The van der Waals surface area contributed by atoms with Gasteiger partial charge in [-0.2, -0.15) is 0 Å². The molecule has 0 rings (SSSR count). The smallest absolute Gasteiger partial charge is 0.316 e. The highest BCUT2D eigenvalue weighted by molar-refractivity contribution is 14.1. The van der Waals surface area contributed by atoms with Gasteiger partial charge in [0.25, 0.3) is 0 Å². The van der Waals surface area contributed by atoms with Gasteiger partial charge in [-0.15, -0.1) is 0 Å². The lowest BCUT2D eigenvalue weighted by atomic mass is 10.1. The second kappa shape index (κ2) is 8.94. The highest BCUT2D eigenvalue weighted by Gasteiger charge is 2.11. The van der Waals surface area contributed by atoms with Crippen LogP contribution >= 0.6 is 22.6 Å². The summed E-state index contributed by atoms with van der Waals surface area (Å²) in [5.74, 6) is -1.49. The van der Waals surface area contributed by atoms with Gasteiger partial charge < -0.3 is 10.2 Å². The van der Waals surface area contributed by atoms with Crippen molar-refractivity contribution in [3.05, 3.63) is 0 Å². The summed E-state index contributed by atoms with van der Waals surface area (Å²) in [6, 6.07) is 0. The maximum atomic E-state index is 10.5. The first-order valence-corrected chi connectivity index (χ1v) is 6.37. The Morgan fingerprint density at radius 3 is 2.07 bits per heavy atom. The summed E-state index contributed by atoms with van der Waals surface area (Å²) in [6.45, 7) is 0. The monoisotopic (exact) mass is 328 g/mol. The number of alkyl halides is 1. The minimum absolute atomic E-state index is 0.240. The van der Waals surface area contributed by atoms with Crippen molar-refractivity contribution in [2.75, 3.05) is 0 Å². The molecule has 0 aromatic rings.